The summed E-state index contributed by atoms with van der Waals surface area (Å²) in [6.45, 7) is 0. The molecule has 2 aromatic carbocycles. The number of hydrogen-bond donors (Lipinski definition) is 2. The fourth-order valence-corrected chi connectivity index (χ4v) is 3.06. The minimum atomic E-state index is -0.245. The highest BCUT2D eigenvalue weighted by Crippen LogP contribution is 2.37. The van der Waals surface area contributed by atoms with Gasteiger partial charge in [0.1, 0.15) is 0 Å². The normalized spacial score (nSPS) is 12.2. The molecule has 1 aromatic heterocycles. The molecule has 0 bridgehead atoms. The Hall–Kier alpha value is -2.40. The molecule has 5 heteroatoms. The molecular weight excluding hydrogens is 270 g/mol. The van der Waals surface area contributed by atoms with Gasteiger partial charge in [0.2, 0.25) is 4.77 Å². The Morgan fingerprint density at radius 2 is 1.80 bits per heavy atom. The number of aromatic amines is 2. The van der Waals surface area contributed by atoms with Gasteiger partial charge in [-0.25, -0.2) is 14.5 Å². The number of nitrogens with zero attached hydrogens (tertiary/aromatic N) is 1. The third kappa shape index (κ3) is 1.53. The van der Waals surface area contributed by atoms with Gasteiger partial charge in [0, 0.05) is 0 Å². The van der Waals surface area contributed by atoms with Gasteiger partial charge in [0.15, 0.2) is 0 Å². The van der Waals surface area contributed by atoms with Crippen LogP contribution in [-0.4, -0.2) is 14.8 Å². The molecule has 1 aliphatic carbocycles. The number of aromatic nitrogens is 3. The summed E-state index contributed by atoms with van der Waals surface area (Å²) in [5.74, 6) is 0. The molecule has 4 nitrogen and oxygen atoms in total. The van der Waals surface area contributed by atoms with Crippen LogP contribution in [0.25, 0.3) is 16.8 Å². The van der Waals surface area contributed by atoms with E-state index in [1.165, 1.54) is 26.8 Å². The number of benzene rings is 2. The van der Waals surface area contributed by atoms with E-state index in [-0.39, 0.29) is 5.69 Å². The maximum absolute atomic E-state index is 11.8. The first-order valence-corrected chi connectivity index (χ1v) is 6.76. The molecule has 0 spiro atoms. The quantitative estimate of drug-likeness (QED) is 0.527. The van der Waals surface area contributed by atoms with Crippen LogP contribution < -0.4 is 5.69 Å². The highest BCUT2D eigenvalue weighted by molar-refractivity contribution is 7.71. The molecule has 1 aliphatic rings. The average molecular weight is 281 g/mol. The van der Waals surface area contributed by atoms with Crippen LogP contribution in [0, 0.1) is 4.77 Å². The molecule has 0 saturated carbocycles. The number of hydrogen-bond acceptors (Lipinski definition) is 2. The van der Waals surface area contributed by atoms with Crippen molar-refractivity contribution in [1.82, 2.24) is 14.8 Å². The third-order valence-electron chi connectivity index (χ3n) is 3.72. The lowest BCUT2D eigenvalue weighted by molar-refractivity contribution is 0.972. The SMILES string of the molecule is O=c1[nH][nH]c(=S)n1-c1ccc2c(c1)Cc1ccccc1-2. The molecule has 0 radical (unpaired) electrons. The molecule has 4 rings (SSSR count). The van der Waals surface area contributed by atoms with Crippen molar-refractivity contribution >= 4 is 12.2 Å². The molecular formula is C15H11N3OS. The smallest absolute Gasteiger partial charge is 0.272 e. The van der Waals surface area contributed by atoms with Crippen LogP contribution >= 0.6 is 12.2 Å². The number of fused-ring (bicyclic) bond motifs is 3. The van der Waals surface area contributed by atoms with Gasteiger partial charge in [-0.15, -0.1) is 0 Å². The van der Waals surface area contributed by atoms with E-state index >= 15 is 0 Å². The van der Waals surface area contributed by atoms with Crippen molar-refractivity contribution in [2.45, 2.75) is 6.42 Å². The zero-order chi connectivity index (χ0) is 13.7. The van der Waals surface area contributed by atoms with Crippen LogP contribution in [0.3, 0.4) is 0 Å². The summed E-state index contributed by atoms with van der Waals surface area (Å²) < 4.78 is 1.85. The Balaban J connectivity index is 1.92. The summed E-state index contributed by atoms with van der Waals surface area (Å²) in [6.07, 6.45) is 0.898. The minimum Gasteiger partial charge on any atom is -0.272 e. The lowest BCUT2D eigenvalue weighted by Crippen LogP contribution is -2.14. The van der Waals surface area contributed by atoms with Gasteiger partial charge < -0.3 is 0 Å². The second kappa shape index (κ2) is 4.05. The first-order chi connectivity index (χ1) is 9.74. The summed E-state index contributed by atoms with van der Waals surface area (Å²) in [5, 5.41) is 5.16. The second-order valence-electron chi connectivity index (χ2n) is 4.87. The van der Waals surface area contributed by atoms with E-state index in [1.807, 2.05) is 12.1 Å². The number of rotatable bonds is 1. The first kappa shape index (κ1) is 11.4. The van der Waals surface area contributed by atoms with Crippen molar-refractivity contribution < 1.29 is 0 Å². The molecule has 98 valence electrons. The molecule has 2 N–H and O–H groups in total. The lowest BCUT2D eigenvalue weighted by Gasteiger charge is -2.04. The van der Waals surface area contributed by atoms with Gasteiger partial charge in [-0.05, 0) is 53.0 Å². The van der Waals surface area contributed by atoms with Crippen molar-refractivity contribution in [2.75, 3.05) is 0 Å². The van der Waals surface area contributed by atoms with Crippen LogP contribution in [0.1, 0.15) is 11.1 Å². The lowest BCUT2D eigenvalue weighted by atomic mass is 10.1. The maximum Gasteiger partial charge on any atom is 0.347 e. The van der Waals surface area contributed by atoms with Crippen molar-refractivity contribution in [3.8, 4) is 16.8 Å². The van der Waals surface area contributed by atoms with Crippen molar-refractivity contribution in [2.24, 2.45) is 0 Å². The highest BCUT2D eigenvalue weighted by Gasteiger charge is 2.18. The van der Waals surface area contributed by atoms with Gasteiger partial charge in [0.25, 0.3) is 0 Å². The largest absolute Gasteiger partial charge is 0.347 e. The van der Waals surface area contributed by atoms with Gasteiger partial charge in [-0.1, -0.05) is 30.3 Å². The van der Waals surface area contributed by atoms with Gasteiger partial charge >= 0.3 is 5.69 Å². The summed E-state index contributed by atoms with van der Waals surface area (Å²) in [5.41, 5.74) is 5.62. The fraction of sp³-hybridized carbons (Fsp3) is 0.0667. The fourth-order valence-electron chi connectivity index (χ4n) is 2.82. The predicted octanol–water partition coefficient (Wildman–Crippen LogP) is 2.79. The van der Waals surface area contributed by atoms with Gasteiger partial charge in [0.05, 0.1) is 5.69 Å². The third-order valence-corrected chi connectivity index (χ3v) is 4.00. The molecule has 3 aromatic rings. The zero-order valence-corrected chi connectivity index (χ0v) is 11.3. The van der Waals surface area contributed by atoms with E-state index in [0.717, 1.165) is 12.1 Å². The molecule has 0 aliphatic heterocycles. The van der Waals surface area contributed by atoms with Gasteiger partial charge in [-0.2, -0.15) is 0 Å². The average Bonchev–Trinajstić information content (AvgIpc) is 2.98. The summed E-state index contributed by atoms with van der Waals surface area (Å²) in [4.78, 5) is 11.8. The van der Waals surface area contributed by atoms with E-state index in [2.05, 4.69) is 40.5 Å². The zero-order valence-electron chi connectivity index (χ0n) is 10.5. The standard InChI is InChI=1S/C15H11N3OS/c19-14-16-17-15(20)18(14)11-5-6-13-10(8-11)7-9-3-1-2-4-12(9)13/h1-6,8H,7H2,(H,16,19)(H,17,20). The van der Waals surface area contributed by atoms with Crippen LogP contribution in [0.2, 0.25) is 0 Å². The first-order valence-electron chi connectivity index (χ1n) is 6.35. The Bertz CT molecular complexity index is 905. The topological polar surface area (TPSA) is 53.6 Å². The van der Waals surface area contributed by atoms with Crippen LogP contribution in [0.15, 0.2) is 47.3 Å². The van der Waals surface area contributed by atoms with Crippen LogP contribution in [-0.2, 0) is 6.42 Å². The Morgan fingerprint density at radius 3 is 2.60 bits per heavy atom. The molecule has 0 amide bonds. The summed E-state index contributed by atoms with van der Waals surface area (Å²) in [6, 6.07) is 14.4. The Morgan fingerprint density at radius 1 is 1.00 bits per heavy atom. The van der Waals surface area contributed by atoms with Crippen LogP contribution in [0.5, 0.6) is 0 Å². The molecule has 0 unspecified atom stereocenters. The summed E-state index contributed by atoms with van der Waals surface area (Å²) >= 11 is 5.13. The minimum absolute atomic E-state index is 0.245. The van der Waals surface area contributed by atoms with E-state index < -0.39 is 0 Å². The number of nitrogens with one attached hydrogen (secondary N) is 2. The van der Waals surface area contributed by atoms with E-state index in [0.29, 0.717) is 4.77 Å². The van der Waals surface area contributed by atoms with Crippen molar-refractivity contribution in [1.29, 1.82) is 0 Å². The molecule has 0 fully saturated rings. The van der Waals surface area contributed by atoms with Crippen LogP contribution in [0.4, 0.5) is 0 Å². The second-order valence-corrected chi connectivity index (χ2v) is 5.26. The predicted molar refractivity (Wildman–Crippen MR) is 79.8 cm³/mol. The molecule has 0 saturated heterocycles. The monoisotopic (exact) mass is 281 g/mol. The van der Waals surface area contributed by atoms with Crippen molar-refractivity contribution in [3.63, 3.8) is 0 Å². The maximum atomic E-state index is 11.8. The molecule has 1 heterocycles. The van der Waals surface area contributed by atoms with Crippen molar-refractivity contribution in [3.05, 3.63) is 68.8 Å². The highest BCUT2D eigenvalue weighted by atomic mass is 32.1. The van der Waals surface area contributed by atoms with E-state index in [9.17, 15) is 4.79 Å². The Labute approximate surface area is 119 Å². The number of H-pyrrole nitrogens is 2. The van der Waals surface area contributed by atoms with E-state index in [1.54, 1.807) is 0 Å². The van der Waals surface area contributed by atoms with E-state index in [4.69, 9.17) is 12.2 Å². The molecule has 20 heavy (non-hydrogen) atoms. The summed E-state index contributed by atoms with van der Waals surface area (Å²) in [7, 11) is 0. The molecule has 0 atom stereocenters. The Kier molecular flexibility index (Phi) is 2.31. The van der Waals surface area contributed by atoms with Gasteiger partial charge in [-0.3, -0.25) is 5.10 Å².